The Morgan fingerprint density at radius 3 is 2.47 bits per heavy atom. The second kappa shape index (κ2) is 11.3. The molecule has 1 amide bonds. The van der Waals surface area contributed by atoms with Gasteiger partial charge in [-0.25, -0.2) is 9.97 Å². The zero-order chi connectivity index (χ0) is 24.9. The summed E-state index contributed by atoms with van der Waals surface area (Å²) in [5.74, 6) is -0.129. The highest BCUT2D eigenvalue weighted by Gasteiger charge is 2.32. The summed E-state index contributed by atoms with van der Waals surface area (Å²) < 4.78 is 0. The fourth-order valence-electron chi connectivity index (χ4n) is 5.71. The standard InChI is InChI=1S/C29H36N6O/c1-20-27(21(2)34-19-33-20)29(36)32-17-22-8-10-23(11-9-22)18-35(25-12-15-30-16-13-25)26-7-3-5-24-6-4-14-31-28(24)26/h4,6,8-11,14,19,25-26,30H,3,5,7,12-13,15-18H2,1-2H3,(H,32,36). The van der Waals surface area contributed by atoms with E-state index in [0.717, 1.165) is 31.6 Å². The fourth-order valence-corrected chi connectivity index (χ4v) is 5.71. The van der Waals surface area contributed by atoms with Crippen molar-refractivity contribution in [1.82, 2.24) is 30.5 Å². The highest BCUT2D eigenvalue weighted by molar-refractivity contribution is 5.96. The maximum atomic E-state index is 12.7. The van der Waals surface area contributed by atoms with Crippen LogP contribution < -0.4 is 10.6 Å². The van der Waals surface area contributed by atoms with Crippen molar-refractivity contribution in [3.8, 4) is 0 Å². The SMILES string of the molecule is Cc1ncnc(C)c1C(=O)NCc1ccc(CN(C2CCNCC2)C2CCCc3cccnc32)cc1. The normalized spacial score (nSPS) is 18.1. The Bertz CT molecular complexity index is 1170. The second-order valence-electron chi connectivity index (χ2n) is 10.0. The van der Waals surface area contributed by atoms with Gasteiger partial charge in [0, 0.05) is 25.3 Å². The first-order valence-corrected chi connectivity index (χ1v) is 13.1. The van der Waals surface area contributed by atoms with E-state index in [2.05, 4.69) is 61.9 Å². The Hall–Kier alpha value is -3.16. The number of benzene rings is 1. The minimum Gasteiger partial charge on any atom is -0.348 e. The van der Waals surface area contributed by atoms with Gasteiger partial charge >= 0.3 is 0 Å². The van der Waals surface area contributed by atoms with Gasteiger partial charge in [0.1, 0.15) is 6.33 Å². The average molecular weight is 485 g/mol. The quantitative estimate of drug-likeness (QED) is 0.527. The molecule has 1 fully saturated rings. The summed E-state index contributed by atoms with van der Waals surface area (Å²) in [5, 5.41) is 6.55. The first-order chi connectivity index (χ1) is 17.6. The highest BCUT2D eigenvalue weighted by atomic mass is 16.1. The topological polar surface area (TPSA) is 83.0 Å². The molecule has 2 aliphatic rings. The molecule has 3 aromatic rings. The number of fused-ring (bicyclic) bond motifs is 1. The maximum Gasteiger partial charge on any atom is 0.255 e. The average Bonchev–Trinajstić information content (AvgIpc) is 2.91. The van der Waals surface area contributed by atoms with Gasteiger partial charge in [0.05, 0.1) is 28.7 Å². The number of hydrogen-bond acceptors (Lipinski definition) is 6. The van der Waals surface area contributed by atoms with Gasteiger partial charge in [0.25, 0.3) is 5.91 Å². The van der Waals surface area contributed by atoms with Gasteiger partial charge in [-0.1, -0.05) is 30.3 Å². The molecule has 0 bridgehead atoms. The molecule has 0 radical (unpaired) electrons. The van der Waals surface area contributed by atoms with Crippen LogP contribution in [-0.4, -0.2) is 44.9 Å². The van der Waals surface area contributed by atoms with Crippen LogP contribution >= 0.6 is 0 Å². The van der Waals surface area contributed by atoms with Crippen LogP contribution in [0.3, 0.4) is 0 Å². The summed E-state index contributed by atoms with van der Waals surface area (Å²) >= 11 is 0. The van der Waals surface area contributed by atoms with Crippen LogP contribution in [0.2, 0.25) is 0 Å². The van der Waals surface area contributed by atoms with E-state index in [0.29, 0.717) is 35.6 Å². The van der Waals surface area contributed by atoms with Crippen molar-refractivity contribution in [2.45, 2.75) is 71.1 Å². The van der Waals surface area contributed by atoms with Crippen LogP contribution in [0, 0.1) is 13.8 Å². The summed E-state index contributed by atoms with van der Waals surface area (Å²) in [6.07, 6.45) is 9.31. The van der Waals surface area contributed by atoms with E-state index >= 15 is 0 Å². The smallest absolute Gasteiger partial charge is 0.255 e. The van der Waals surface area contributed by atoms with Crippen molar-refractivity contribution in [1.29, 1.82) is 0 Å². The molecule has 1 unspecified atom stereocenters. The van der Waals surface area contributed by atoms with Crippen LogP contribution in [-0.2, 0) is 19.5 Å². The molecule has 1 saturated heterocycles. The minimum absolute atomic E-state index is 0.129. The second-order valence-corrected chi connectivity index (χ2v) is 10.0. The number of carbonyl (C=O) groups is 1. The van der Waals surface area contributed by atoms with Crippen molar-refractivity contribution in [2.75, 3.05) is 13.1 Å². The molecule has 1 aliphatic carbocycles. The number of aromatic nitrogens is 3. The molecular formula is C29H36N6O. The Balaban J connectivity index is 1.29. The third-order valence-electron chi connectivity index (χ3n) is 7.64. The van der Waals surface area contributed by atoms with Crippen molar-refractivity contribution in [3.63, 3.8) is 0 Å². The fraction of sp³-hybridized carbons (Fsp3) is 0.448. The highest BCUT2D eigenvalue weighted by Crippen LogP contribution is 2.36. The van der Waals surface area contributed by atoms with Crippen LogP contribution in [0.5, 0.6) is 0 Å². The van der Waals surface area contributed by atoms with E-state index in [9.17, 15) is 4.79 Å². The van der Waals surface area contributed by atoms with Gasteiger partial charge in [-0.3, -0.25) is 14.7 Å². The number of nitrogens with one attached hydrogen (secondary N) is 2. The lowest BCUT2D eigenvalue weighted by atomic mass is 9.88. The summed E-state index contributed by atoms with van der Waals surface area (Å²) in [7, 11) is 0. The molecule has 36 heavy (non-hydrogen) atoms. The number of rotatable bonds is 7. The maximum absolute atomic E-state index is 12.7. The largest absolute Gasteiger partial charge is 0.348 e. The summed E-state index contributed by atoms with van der Waals surface area (Å²) in [5.41, 5.74) is 7.03. The molecule has 0 saturated carbocycles. The third-order valence-corrected chi connectivity index (χ3v) is 7.64. The van der Waals surface area contributed by atoms with Gasteiger partial charge < -0.3 is 10.6 Å². The number of nitrogens with zero attached hydrogens (tertiary/aromatic N) is 4. The van der Waals surface area contributed by atoms with E-state index in [1.165, 1.54) is 48.8 Å². The molecule has 7 heteroatoms. The zero-order valence-corrected chi connectivity index (χ0v) is 21.3. The molecule has 2 N–H and O–H groups in total. The molecule has 1 aromatic carbocycles. The predicted molar refractivity (Wildman–Crippen MR) is 140 cm³/mol. The summed E-state index contributed by atoms with van der Waals surface area (Å²) in [4.78, 5) is 28.6. The number of amides is 1. The molecule has 7 nitrogen and oxygen atoms in total. The van der Waals surface area contributed by atoms with E-state index in [1.54, 1.807) is 0 Å². The molecule has 1 atom stereocenters. The summed E-state index contributed by atoms with van der Waals surface area (Å²) in [6.45, 7) is 7.22. The third kappa shape index (κ3) is 5.47. The number of hydrogen-bond donors (Lipinski definition) is 2. The van der Waals surface area contributed by atoms with Gasteiger partial charge in [0.2, 0.25) is 0 Å². The molecule has 3 heterocycles. The number of aryl methyl sites for hydroxylation is 3. The Kier molecular flexibility index (Phi) is 7.68. The van der Waals surface area contributed by atoms with E-state index < -0.39 is 0 Å². The molecule has 2 aromatic heterocycles. The van der Waals surface area contributed by atoms with Crippen molar-refractivity contribution in [2.24, 2.45) is 0 Å². The first-order valence-electron chi connectivity index (χ1n) is 13.1. The number of carbonyl (C=O) groups excluding carboxylic acids is 1. The lowest BCUT2D eigenvalue weighted by molar-refractivity contribution is 0.0861. The van der Waals surface area contributed by atoms with Gasteiger partial charge in [0.15, 0.2) is 0 Å². The van der Waals surface area contributed by atoms with Crippen LogP contribution in [0.25, 0.3) is 0 Å². The van der Waals surface area contributed by atoms with Crippen molar-refractivity contribution < 1.29 is 4.79 Å². The van der Waals surface area contributed by atoms with Crippen molar-refractivity contribution in [3.05, 3.63) is 88.3 Å². The Morgan fingerprint density at radius 2 is 1.72 bits per heavy atom. The summed E-state index contributed by atoms with van der Waals surface area (Å²) in [6, 6.07) is 13.9. The molecule has 1 aliphatic heterocycles. The van der Waals surface area contributed by atoms with Gasteiger partial charge in [-0.05, 0) is 81.8 Å². The molecule has 5 rings (SSSR count). The lowest BCUT2D eigenvalue weighted by Gasteiger charge is -2.42. The van der Waals surface area contributed by atoms with E-state index in [-0.39, 0.29) is 5.91 Å². The Labute approximate surface area is 213 Å². The molecule has 0 spiro atoms. The number of pyridine rings is 1. The van der Waals surface area contributed by atoms with Gasteiger partial charge in [-0.15, -0.1) is 0 Å². The minimum atomic E-state index is -0.129. The van der Waals surface area contributed by atoms with Crippen molar-refractivity contribution >= 4 is 5.91 Å². The lowest BCUT2D eigenvalue weighted by Crippen LogP contribution is -2.45. The Morgan fingerprint density at radius 1 is 1.00 bits per heavy atom. The first kappa shape index (κ1) is 24.5. The zero-order valence-electron chi connectivity index (χ0n) is 21.3. The van der Waals surface area contributed by atoms with Crippen LogP contribution in [0.4, 0.5) is 0 Å². The van der Waals surface area contributed by atoms with Crippen LogP contribution in [0.1, 0.15) is 75.9 Å². The number of piperidine rings is 1. The molecular weight excluding hydrogens is 448 g/mol. The van der Waals surface area contributed by atoms with Crippen LogP contribution in [0.15, 0.2) is 48.9 Å². The van der Waals surface area contributed by atoms with Gasteiger partial charge in [-0.2, -0.15) is 0 Å². The van der Waals surface area contributed by atoms with E-state index in [1.807, 2.05) is 20.0 Å². The monoisotopic (exact) mass is 484 g/mol. The molecule has 188 valence electrons. The van der Waals surface area contributed by atoms with E-state index in [4.69, 9.17) is 4.98 Å². The predicted octanol–water partition coefficient (Wildman–Crippen LogP) is 4.05.